The summed E-state index contributed by atoms with van der Waals surface area (Å²) in [6.45, 7) is 8.10. The van der Waals surface area contributed by atoms with Crippen LogP contribution in [0.2, 0.25) is 0 Å². The molecule has 0 saturated carbocycles. The van der Waals surface area contributed by atoms with E-state index in [2.05, 4.69) is 40.9 Å². The van der Waals surface area contributed by atoms with Crippen LogP contribution in [0.3, 0.4) is 0 Å². The second-order valence-corrected chi connectivity index (χ2v) is 14.0. The van der Waals surface area contributed by atoms with Gasteiger partial charge in [0.25, 0.3) is 5.91 Å². The van der Waals surface area contributed by atoms with Gasteiger partial charge in [-0.25, -0.2) is 24.9 Å². The monoisotopic (exact) mass is 768 g/mol. The fourth-order valence-corrected chi connectivity index (χ4v) is 6.45. The third-order valence-electron chi connectivity index (χ3n) is 8.89. The Morgan fingerprint density at radius 3 is 2.20 bits per heavy atom. The number of nitrogens with zero attached hydrogens (tertiary/aromatic N) is 5. The molecule has 0 spiro atoms. The molecule has 3 N–H and O–H groups in total. The van der Waals surface area contributed by atoms with E-state index < -0.39 is 47.7 Å². The summed E-state index contributed by atoms with van der Waals surface area (Å²) in [5.41, 5.74) is 1.67. The van der Waals surface area contributed by atoms with E-state index in [9.17, 15) is 19.2 Å². The van der Waals surface area contributed by atoms with E-state index in [0.29, 0.717) is 28.4 Å². The maximum Gasteiger partial charge on any atom is 0.302 e. The fourth-order valence-electron chi connectivity index (χ4n) is 5.71. The molecule has 1 aliphatic heterocycles. The molecule has 10 bridgehead atoms. The van der Waals surface area contributed by atoms with Crippen LogP contribution < -0.4 is 16.0 Å². The van der Waals surface area contributed by atoms with E-state index in [1.165, 1.54) is 37.1 Å². The number of carbonyl (C=O) groups is 4. The number of esters is 1. The maximum absolute atomic E-state index is 14.1. The third kappa shape index (κ3) is 7.80. The van der Waals surface area contributed by atoms with Gasteiger partial charge in [0.05, 0.1) is 0 Å². The minimum atomic E-state index is -1.09. The molecule has 18 heteroatoms. The molecule has 5 aromatic heterocycles. The second-order valence-electron chi connectivity index (χ2n) is 13.2. The lowest BCUT2D eigenvalue weighted by molar-refractivity contribution is -0.143. The normalized spacial score (nSPS) is 18.2. The van der Waals surface area contributed by atoms with Crippen molar-refractivity contribution in [2.45, 2.75) is 59.2 Å². The van der Waals surface area contributed by atoms with Crippen LogP contribution >= 0.6 is 11.3 Å². The highest BCUT2D eigenvalue weighted by atomic mass is 32.1. The van der Waals surface area contributed by atoms with Crippen LogP contribution in [0.15, 0.2) is 72.2 Å². The van der Waals surface area contributed by atoms with Gasteiger partial charge in [-0.1, -0.05) is 64.4 Å². The summed E-state index contributed by atoms with van der Waals surface area (Å²) in [7, 11) is 0. The summed E-state index contributed by atoms with van der Waals surface area (Å²) in [4.78, 5) is 76.5. The Hall–Kier alpha value is -6.43. The van der Waals surface area contributed by atoms with Crippen molar-refractivity contribution in [1.82, 2.24) is 40.9 Å². The van der Waals surface area contributed by atoms with Gasteiger partial charge >= 0.3 is 5.97 Å². The lowest BCUT2D eigenvalue weighted by Gasteiger charge is -2.28. The zero-order chi connectivity index (χ0) is 38.8. The highest BCUT2D eigenvalue weighted by Crippen LogP contribution is 2.34. The first kappa shape index (κ1) is 36.9. The Balaban J connectivity index is 1.31. The number of rotatable bonds is 6. The van der Waals surface area contributed by atoms with Crippen LogP contribution in [0.5, 0.6) is 0 Å². The first-order valence-electron chi connectivity index (χ1n) is 17.4. The Morgan fingerprint density at radius 1 is 0.800 bits per heavy atom. The summed E-state index contributed by atoms with van der Waals surface area (Å²) in [6, 6.07) is 5.68. The van der Waals surface area contributed by atoms with Crippen LogP contribution in [0, 0.1) is 11.8 Å². The van der Waals surface area contributed by atoms with Gasteiger partial charge in [-0.2, -0.15) is 0 Å². The summed E-state index contributed by atoms with van der Waals surface area (Å²) in [6.07, 6.45) is 4.55. The minimum absolute atomic E-state index is 0.00132. The number of aromatic nitrogens is 5. The molecule has 17 nitrogen and oxygen atoms in total. The van der Waals surface area contributed by atoms with Crippen molar-refractivity contribution >= 4 is 35.0 Å². The third-order valence-corrected chi connectivity index (χ3v) is 9.75. The molecule has 1 unspecified atom stereocenters. The van der Waals surface area contributed by atoms with Crippen molar-refractivity contribution in [3.8, 4) is 56.8 Å². The number of hydrogen-bond donors (Lipinski definition) is 3. The van der Waals surface area contributed by atoms with E-state index in [0.717, 1.165) is 0 Å². The zero-order valence-corrected chi connectivity index (χ0v) is 31.1. The highest BCUT2D eigenvalue weighted by molar-refractivity contribution is 7.13. The lowest BCUT2D eigenvalue weighted by Crippen LogP contribution is -2.57. The molecule has 1 aromatic carbocycles. The summed E-state index contributed by atoms with van der Waals surface area (Å²) in [5.74, 6) is -2.87. The SMILES string of the molecule is CC[C@H](C)[C@H]1NC(=O)c2nc(oc2-c2ccccc2)-c2coc(n2)-c2csc(n2)-c2coc(n2)-c2coc(n2)C(COC(C)=O)NC(=O)[C@@H](C(C)C)NC1=O. The minimum Gasteiger partial charge on any atom is -0.463 e. The second kappa shape index (κ2) is 15.5. The van der Waals surface area contributed by atoms with Crippen molar-refractivity contribution < 1.29 is 41.6 Å². The summed E-state index contributed by atoms with van der Waals surface area (Å²) >= 11 is 1.27. The molecule has 4 atom stereocenters. The van der Waals surface area contributed by atoms with Crippen molar-refractivity contribution in [3.05, 3.63) is 66.1 Å². The quantitative estimate of drug-likeness (QED) is 0.179. The van der Waals surface area contributed by atoms with Crippen LogP contribution in [0.1, 0.15) is 63.5 Å². The van der Waals surface area contributed by atoms with Crippen LogP contribution in [-0.4, -0.2) is 67.3 Å². The van der Waals surface area contributed by atoms with E-state index in [4.69, 9.17) is 22.4 Å². The largest absolute Gasteiger partial charge is 0.463 e. The molecule has 7 rings (SSSR count). The molecule has 6 aromatic rings. The molecular formula is C37H36N8O9S. The number of amides is 3. The van der Waals surface area contributed by atoms with Gasteiger partial charge in [0, 0.05) is 17.9 Å². The Morgan fingerprint density at radius 2 is 1.47 bits per heavy atom. The molecule has 0 aliphatic carbocycles. The predicted molar refractivity (Wildman–Crippen MR) is 195 cm³/mol. The van der Waals surface area contributed by atoms with E-state index in [-0.39, 0.29) is 58.9 Å². The number of thiazole rings is 1. The van der Waals surface area contributed by atoms with Gasteiger partial charge in [0.15, 0.2) is 22.8 Å². The fraction of sp³-hybridized carbons (Fsp3) is 0.324. The van der Waals surface area contributed by atoms with Gasteiger partial charge in [0.2, 0.25) is 35.4 Å². The first-order chi connectivity index (χ1) is 26.5. The van der Waals surface area contributed by atoms with E-state index in [1.54, 1.807) is 43.5 Å². The smallest absolute Gasteiger partial charge is 0.302 e. The van der Waals surface area contributed by atoms with Gasteiger partial charge < -0.3 is 38.4 Å². The molecule has 1 aliphatic rings. The van der Waals surface area contributed by atoms with Crippen molar-refractivity contribution in [2.75, 3.05) is 6.61 Å². The van der Waals surface area contributed by atoms with Gasteiger partial charge in [-0.15, -0.1) is 11.3 Å². The maximum atomic E-state index is 14.1. The first-order valence-corrected chi connectivity index (χ1v) is 18.3. The average molecular weight is 769 g/mol. The molecule has 55 heavy (non-hydrogen) atoms. The summed E-state index contributed by atoms with van der Waals surface area (Å²) < 4.78 is 28.6. The number of benzene rings is 1. The number of hydrogen-bond acceptors (Lipinski definition) is 15. The highest BCUT2D eigenvalue weighted by Gasteiger charge is 2.35. The summed E-state index contributed by atoms with van der Waals surface area (Å²) in [5, 5.41) is 10.7. The van der Waals surface area contributed by atoms with Crippen LogP contribution in [0.4, 0.5) is 0 Å². The Labute approximate surface area is 317 Å². The number of ether oxygens (including phenoxy) is 1. The number of oxazole rings is 4. The number of nitrogens with one attached hydrogen (secondary N) is 3. The Kier molecular flexibility index (Phi) is 10.4. The topological polar surface area (TPSA) is 231 Å². The standard InChI is InChI=1S/C37H36N8O9S/c1-6-18(4)27-31(48)43-26(17(2)3)30(47)38-21(12-50-19(5)46)33-39-22(13-51-33)34-41-24(15-53-34)37-42-25(16-55-37)35-40-23(14-52-35)36-45-28(32(49)44-27)29(54-36)20-10-8-7-9-11-20/h7-11,13-18,21,26-27H,6,12H2,1-5H3,(H,38,47)(H,43,48)(H,44,49)/t18-,21?,26+,27+/m0/s1. The van der Waals surface area contributed by atoms with E-state index >= 15 is 0 Å². The van der Waals surface area contributed by atoms with Gasteiger partial charge in [-0.05, 0) is 11.8 Å². The molecule has 3 amide bonds. The van der Waals surface area contributed by atoms with Crippen LogP contribution in [0.25, 0.3) is 56.8 Å². The number of fused-ring (bicyclic) bond motifs is 14. The molecule has 0 radical (unpaired) electrons. The van der Waals surface area contributed by atoms with Crippen molar-refractivity contribution in [1.29, 1.82) is 0 Å². The van der Waals surface area contributed by atoms with Crippen molar-refractivity contribution in [2.24, 2.45) is 11.8 Å². The molecule has 284 valence electrons. The molecule has 0 saturated heterocycles. The Bertz CT molecular complexity index is 2340. The van der Waals surface area contributed by atoms with Crippen LogP contribution in [-0.2, 0) is 19.1 Å². The van der Waals surface area contributed by atoms with E-state index in [1.807, 2.05) is 19.9 Å². The van der Waals surface area contributed by atoms with Gasteiger partial charge in [0.1, 0.15) is 59.9 Å². The van der Waals surface area contributed by atoms with Gasteiger partial charge in [-0.3, -0.25) is 19.2 Å². The lowest BCUT2D eigenvalue weighted by atomic mass is 9.96. The predicted octanol–water partition coefficient (Wildman–Crippen LogP) is 5.45. The molecule has 0 fully saturated rings. The average Bonchev–Trinajstić information content (AvgIpc) is 4.02. The number of carbonyl (C=O) groups excluding carboxylic acids is 4. The molecular weight excluding hydrogens is 733 g/mol. The van der Waals surface area contributed by atoms with Crippen molar-refractivity contribution in [3.63, 3.8) is 0 Å². The molecule has 6 heterocycles. The zero-order valence-electron chi connectivity index (χ0n) is 30.3.